The predicted molar refractivity (Wildman–Crippen MR) is 105 cm³/mol. The number of nitrogens with zero attached hydrogens (tertiary/aromatic N) is 2. The van der Waals surface area contributed by atoms with Gasteiger partial charge in [-0.1, -0.05) is 6.07 Å². The first kappa shape index (κ1) is 21.7. The van der Waals surface area contributed by atoms with E-state index in [-0.39, 0.29) is 24.8 Å². The van der Waals surface area contributed by atoms with Crippen molar-refractivity contribution in [3.05, 3.63) is 30.1 Å². The summed E-state index contributed by atoms with van der Waals surface area (Å²) in [6, 6.07) is 7.01. The van der Waals surface area contributed by atoms with Gasteiger partial charge in [0.1, 0.15) is 0 Å². The Bertz CT molecular complexity index is 418. The Kier molecular flexibility index (Phi) is 10.9. The lowest BCUT2D eigenvalue weighted by molar-refractivity contribution is 0.132. The Balaban J connectivity index is 0.00000144. The molecule has 2 aliphatic heterocycles. The quantitative estimate of drug-likeness (QED) is 0.830. The minimum atomic E-state index is 0. The molecule has 2 saturated heterocycles. The Morgan fingerprint density at radius 2 is 1.71 bits per heavy atom. The summed E-state index contributed by atoms with van der Waals surface area (Å²) in [6.07, 6.45) is 8.47. The predicted octanol–water partition coefficient (Wildman–Crippen LogP) is 2.87. The van der Waals surface area contributed by atoms with Crippen LogP contribution in [-0.4, -0.2) is 48.6 Å². The van der Waals surface area contributed by atoms with Crippen molar-refractivity contribution >= 4 is 24.8 Å². The van der Waals surface area contributed by atoms with Crippen molar-refractivity contribution in [2.45, 2.75) is 44.7 Å². The molecule has 138 valence electrons. The molecule has 2 N–H and O–H groups in total. The first-order valence-electron chi connectivity index (χ1n) is 8.97. The summed E-state index contributed by atoms with van der Waals surface area (Å²) in [6.45, 7) is 6.97. The lowest BCUT2D eigenvalue weighted by Gasteiger charge is -2.35. The van der Waals surface area contributed by atoms with E-state index in [1.54, 1.807) is 0 Å². The maximum atomic E-state index is 4.56. The zero-order chi connectivity index (χ0) is 15.0. The summed E-state index contributed by atoms with van der Waals surface area (Å²) in [7, 11) is 0. The van der Waals surface area contributed by atoms with Crippen molar-refractivity contribution in [3.63, 3.8) is 0 Å². The van der Waals surface area contributed by atoms with Crippen molar-refractivity contribution < 1.29 is 0 Å². The second kappa shape index (κ2) is 12.0. The van der Waals surface area contributed by atoms with Crippen molar-refractivity contribution in [3.8, 4) is 0 Å². The molecular formula is C18H32Cl2N4. The first-order valence-corrected chi connectivity index (χ1v) is 8.97. The third kappa shape index (κ3) is 6.85. The van der Waals surface area contributed by atoms with E-state index in [1.165, 1.54) is 64.0 Å². The van der Waals surface area contributed by atoms with Crippen molar-refractivity contribution in [1.82, 2.24) is 20.5 Å². The molecule has 0 spiro atoms. The molecule has 0 saturated carbocycles. The maximum Gasteiger partial charge on any atom is 0.0544 e. The topological polar surface area (TPSA) is 40.2 Å². The Hall–Kier alpha value is -0.390. The van der Waals surface area contributed by atoms with Gasteiger partial charge < -0.3 is 10.6 Å². The summed E-state index contributed by atoms with van der Waals surface area (Å²) in [5.41, 5.74) is 1.22. The van der Waals surface area contributed by atoms with Crippen LogP contribution >= 0.6 is 24.8 Å². The zero-order valence-corrected chi connectivity index (χ0v) is 16.1. The normalized spacial score (nSPS) is 22.3. The van der Waals surface area contributed by atoms with Gasteiger partial charge in [-0.15, -0.1) is 24.8 Å². The van der Waals surface area contributed by atoms with Gasteiger partial charge in [0.25, 0.3) is 0 Å². The van der Waals surface area contributed by atoms with Crippen LogP contribution < -0.4 is 10.6 Å². The lowest BCUT2D eigenvalue weighted by atomic mass is 9.95. The van der Waals surface area contributed by atoms with Gasteiger partial charge in [-0.2, -0.15) is 0 Å². The fourth-order valence-corrected chi connectivity index (χ4v) is 3.80. The summed E-state index contributed by atoms with van der Waals surface area (Å²) in [5, 5.41) is 7.03. The molecule has 0 aliphatic carbocycles. The van der Waals surface area contributed by atoms with Gasteiger partial charge in [-0.05, 0) is 76.3 Å². The third-order valence-electron chi connectivity index (χ3n) is 5.10. The standard InChI is InChI=1S/C18H30N4.2ClH/c1-2-10-21-17(4-1)15-22(14-16-6-11-20-12-7-16)18-5-3-9-19-13-8-18;;/h1-2,4,10,16,18-20H,3,5-9,11-15H2;2*1H. The minimum Gasteiger partial charge on any atom is -0.317 e. The fraction of sp³-hybridized carbons (Fsp3) is 0.722. The molecule has 3 rings (SSSR count). The van der Waals surface area contributed by atoms with E-state index in [0.29, 0.717) is 6.04 Å². The summed E-state index contributed by atoms with van der Waals surface area (Å²) >= 11 is 0. The first-order chi connectivity index (χ1) is 10.9. The summed E-state index contributed by atoms with van der Waals surface area (Å²) < 4.78 is 0. The molecule has 2 aliphatic rings. The number of hydrogen-bond acceptors (Lipinski definition) is 4. The van der Waals surface area contributed by atoms with E-state index in [9.17, 15) is 0 Å². The SMILES string of the molecule is Cl.Cl.c1ccc(CN(CC2CCNCC2)C2CCCNCC2)nc1. The molecule has 1 aromatic rings. The van der Waals surface area contributed by atoms with Crippen LogP contribution in [0.5, 0.6) is 0 Å². The van der Waals surface area contributed by atoms with Crippen LogP contribution in [0.3, 0.4) is 0 Å². The Morgan fingerprint density at radius 1 is 0.958 bits per heavy atom. The van der Waals surface area contributed by atoms with Crippen LogP contribution in [0.4, 0.5) is 0 Å². The largest absolute Gasteiger partial charge is 0.317 e. The molecule has 24 heavy (non-hydrogen) atoms. The molecule has 3 heterocycles. The van der Waals surface area contributed by atoms with Crippen LogP contribution in [0.1, 0.15) is 37.8 Å². The maximum absolute atomic E-state index is 4.56. The number of aromatic nitrogens is 1. The average molecular weight is 375 g/mol. The average Bonchev–Trinajstić information content (AvgIpc) is 2.85. The van der Waals surface area contributed by atoms with Crippen molar-refractivity contribution in [2.24, 2.45) is 5.92 Å². The molecule has 1 unspecified atom stereocenters. The molecule has 0 bridgehead atoms. The highest BCUT2D eigenvalue weighted by Crippen LogP contribution is 2.21. The minimum absolute atomic E-state index is 0. The fourth-order valence-electron chi connectivity index (χ4n) is 3.80. The molecule has 0 amide bonds. The number of piperidine rings is 1. The highest BCUT2D eigenvalue weighted by Gasteiger charge is 2.24. The van der Waals surface area contributed by atoms with Crippen molar-refractivity contribution in [1.29, 1.82) is 0 Å². The van der Waals surface area contributed by atoms with Crippen molar-refractivity contribution in [2.75, 3.05) is 32.7 Å². The van der Waals surface area contributed by atoms with E-state index >= 15 is 0 Å². The summed E-state index contributed by atoms with van der Waals surface area (Å²) in [5.74, 6) is 0.848. The molecule has 1 atom stereocenters. The van der Waals surface area contributed by atoms with Gasteiger partial charge in [0.15, 0.2) is 0 Å². The third-order valence-corrected chi connectivity index (χ3v) is 5.10. The van der Waals surface area contributed by atoms with E-state index in [2.05, 4.69) is 32.7 Å². The van der Waals surface area contributed by atoms with Gasteiger partial charge in [-0.3, -0.25) is 9.88 Å². The molecule has 1 aromatic heterocycles. The monoisotopic (exact) mass is 374 g/mol. The lowest BCUT2D eigenvalue weighted by Crippen LogP contribution is -2.41. The van der Waals surface area contributed by atoms with E-state index in [1.807, 2.05) is 12.3 Å². The molecule has 6 heteroatoms. The van der Waals surface area contributed by atoms with Gasteiger partial charge >= 0.3 is 0 Å². The number of hydrogen-bond donors (Lipinski definition) is 2. The Morgan fingerprint density at radius 3 is 2.46 bits per heavy atom. The molecule has 4 nitrogen and oxygen atoms in total. The smallest absolute Gasteiger partial charge is 0.0544 e. The van der Waals surface area contributed by atoms with Crippen LogP contribution in [0.15, 0.2) is 24.4 Å². The number of rotatable bonds is 5. The Labute approximate surface area is 159 Å². The van der Waals surface area contributed by atoms with Crippen LogP contribution in [0.25, 0.3) is 0 Å². The molecular weight excluding hydrogens is 343 g/mol. The molecule has 0 radical (unpaired) electrons. The van der Waals surface area contributed by atoms with Gasteiger partial charge in [0.2, 0.25) is 0 Å². The van der Waals surface area contributed by atoms with Crippen LogP contribution in [-0.2, 0) is 6.54 Å². The van der Waals surface area contributed by atoms with E-state index in [0.717, 1.165) is 19.0 Å². The zero-order valence-electron chi connectivity index (χ0n) is 14.5. The van der Waals surface area contributed by atoms with Crippen LogP contribution in [0, 0.1) is 5.92 Å². The molecule has 0 aromatic carbocycles. The van der Waals surface area contributed by atoms with Gasteiger partial charge in [-0.25, -0.2) is 0 Å². The van der Waals surface area contributed by atoms with Crippen LogP contribution in [0.2, 0.25) is 0 Å². The van der Waals surface area contributed by atoms with E-state index < -0.39 is 0 Å². The van der Waals surface area contributed by atoms with Gasteiger partial charge in [0.05, 0.1) is 5.69 Å². The number of pyridine rings is 1. The second-order valence-corrected chi connectivity index (χ2v) is 6.78. The second-order valence-electron chi connectivity index (χ2n) is 6.78. The highest BCUT2D eigenvalue weighted by atomic mass is 35.5. The number of nitrogens with one attached hydrogen (secondary N) is 2. The van der Waals surface area contributed by atoms with Gasteiger partial charge in [0, 0.05) is 25.3 Å². The number of halogens is 2. The highest BCUT2D eigenvalue weighted by molar-refractivity contribution is 5.85. The molecule has 2 fully saturated rings. The van der Waals surface area contributed by atoms with E-state index in [4.69, 9.17) is 0 Å². The summed E-state index contributed by atoms with van der Waals surface area (Å²) in [4.78, 5) is 7.29.